The third-order valence-electron chi connectivity index (χ3n) is 3.61. The van der Waals surface area contributed by atoms with Crippen molar-refractivity contribution in [3.63, 3.8) is 0 Å². The summed E-state index contributed by atoms with van der Waals surface area (Å²) < 4.78 is 39.4. The first-order valence-corrected chi connectivity index (χ1v) is 8.28. The minimum absolute atomic E-state index is 0.0358. The summed E-state index contributed by atoms with van der Waals surface area (Å²) in [7, 11) is 0. The number of alkyl halides is 3. The highest BCUT2D eigenvalue weighted by atomic mass is 35.5. The van der Waals surface area contributed by atoms with Crippen LogP contribution in [-0.2, 0) is 6.18 Å². The monoisotopic (exact) mass is 386 g/mol. The van der Waals surface area contributed by atoms with Gasteiger partial charge in [-0.15, -0.1) is 0 Å². The lowest BCUT2D eigenvalue weighted by Crippen LogP contribution is -2.21. The van der Waals surface area contributed by atoms with E-state index in [-0.39, 0.29) is 28.4 Å². The van der Waals surface area contributed by atoms with Crippen LogP contribution in [-0.4, -0.2) is 21.9 Å². The van der Waals surface area contributed by atoms with E-state index >= 15 is 0 Å². The molecule has 0 saturated heterocycles. The number of anilines is 2. The second-order valence-electron chi connectivity index (χ2n) is 5.81. The van der Waals surface area contributed by atoms with Gasteiger partial charge in [-0.3, -0.25) is 4.79 Å². The molecule has 1 aromatic carbocycles. The Morgan fingerprint density at radius 3 is 2.58 bits per heavy atom. The molecule has 26 heavy (non-hydrogen) atoms. The molecule has 0 spiro atoms. The van der Waals surface area contributed by atoms with Crippen molar-refractivity contribution in [3.05, 3.63) is 46.2 Å². The van der Waals surface area contributed by atoms with E-state index in [1.54, 1.807) is 6.92 Å². The number of carbonyl (C=O) groups is 1. The van der Waals surface area contributed by atoms with Gasteiger partial charge in [0.15, 0.2) is 0 Å². The molecule has 9 heteroatoms. The Hall–Kier alpha value is -2.35. The second kappa shape index (κ2) is 7.90. The van der Waals surface area contributed by atoms with E-state index < -0.39 is 17.6 Å². The molecule has 1 unspecified atom stereocenters. The first-order chi connectivity index (χ1) is 12.1. The molecule has 0 bridgehead atoms. The molecule has 0 radical (unpaired) electrons. The van der Waals surface area contributed by atoms with E-state index in [1.807, 2.05) is 13.8 Å². The van der Waals surface area contributed by atoms with Crippen LogP contribution in [0.1, 0.15) is 42.0 Å². The van der Waals surface area contributed by atoms with Crippen molar-refractivity contribution in [2.24, 2.45) is 0 Å². The van der Waals surface area contributed by atoms with Crippen LogP contribution in [0.4, 0.5) is 24.8 Å². The quantitative estimate of drug-likeness (QED) is 0.765. The largest absolute Gasteiger partial charge is 0.418 e. The molecule has 140 valence electrons. The number of carbonyl (C=O) groups excluding carboxylic acids is 1. The maximum Gasteiger partial charge on any atom is 0.418 e. The van der Waals surface area contributed by atoms with Crippen LogP contribution in [0.15, 0.2) is 24.3 Å². The number of halogens is 4. The van der Waals surface area contributed by atoms with Crippen molar-refractivity contribution in [2.45, 2.75) is 39.4 Å². The number of hydrogen-bond donors (Lipinski definition) is 2. The average molecular weight is 387 g/mol. The van der Waals surface area contributed by atoms with Crippen molar-refractivity contribution in [1.82, 2.24) is 9.97 Å². The number of amides is 1. The standard InChI is InChI=1S/C17H18ClF3N4O/c1-4-9(2)22-16-23-10(3)7-14(25-16)15(26)24-13-6-5-11(18)8-12(13)17(19,20)21/h5-9H,4H2,1-3H3,(H,24,26)(H,22,23,25). The summed E-state index contributed by atoms with van der Waals surface area (Å²) in [4.78, 5) is 20.7. The van der Waals surface area contributed by atoms with E-state index in [0.29, 0.717) is 5.69 Å². The predicted molar refractivity (Wildman–Crippen MR) is 94.6 cm³/mol. The zero-order valence-electron chi connectivity index (χ0n) is 14.4. The SMILES string of the molecule is CCC(C)Nc1nc(C)cc(C(=O)Nc2ccc(Cl)cc2C(F)(F)F)n1. The first-order valence-electron chi connectivity index (χ1n) is 7.90. The Morgan fingerprint density at radius 1 is 1.27 bits per heavy atom. The lowest BCUT2D eigenvalue weighted by Gasteiger charge is -2.15. The minimum Gasteiger partial charge on any atom is -0.352 e. The van der Waals surface area contributed by atoms with E-state index in [2.05, 4.69) is 20.6 Å². The Morgan fingerprint density at radius 2 is 1.96 bits per heavy atom. The topological polar surface area (TPSA) is 66.9 Å². The zero-order chi connectivity index (χ0) is 19.5. The van der Waals surface area contributed by atoms with Gasteiger partial charge in [0.1, 0.15) is 5.69 Å². The summed E-state index contributed by atoms with van der Waals surface area (Å²) in [5.74, 6) is -0.521. The van der Waals surface area contributed by atoms with Gasteiger partial charge in [-0.05, 0) is 44.5 Å². The number of nitrogens with zero attached hydrogens (tertiary/aromatic N) is 2. The normalized spacial score (nSPS) is 12.6. The highest BCUT2D eigenvalue weighted by Crippen LogP contribution is 2.36. The molecule has 0 aliphatic rings. The van der Waals surface area contributed by atoms with E-state index in [1.165, 1.54) is 12.1 Å². The molecule has 0 saturated carbocycles. The number of aromatic nitrogens is 2. The fraction of sp³-hybridized carbons (Fsp3) is 0.353. The molecule has 2 rings (SSSR count). The van der Waals surface area contributed by atoms with Gasteiger partial charge in [-0.1, -0.05) is 18.5 Å². The molecule has 2 N–H and O–H groups in total. The van der Waals surface area contributed by atoms with Crippen molar-refractivity contribution in [3.8, 4) is 0 Å². The smallest absolute Gasteiger partial charge is 0.352 e. The Labute approximate surface area is 154 Å². The van der Waals surface area contributed by atoms with Gasteiger partial charge in [-0.2, -0.15) is 13.2 Å². The lowest BCUT2D eigenvalue weighted by atomic mass is 10.1. The summed E-state index contributed by atoms with van der Waals surface area (Å²) in [6.45, 7) is 5.57. The van der Waals surface area contributed by atoms with Crippen LogP contribution in [0.25, 0.3) is 0 Å². The van der Waals surface area contributed by atoms with Crippen LogP contribution in [0.2, 0.25) is 5.02 Å². The fourth-order valence-electron chi connectivity index (χ4n) is 2.12. The zero-order valence-corrected chi connectivity index (χ0v) is 15.2. The van der Waals surface area contributed by atoms with Crippen molar-refractivity contribution in [1.29, 1.82) is 0 Å². The van der Waals surface area contributed by atoms with Gasteiger partial charge in [0.25, 0.3) is 5.91 Å². The van der Waals surface area contributed by atoms with E-state index in [9.17, 15) is 18.0 Å². The summed E-state index contributed by atoms with van der Waals surface area (Å²) in [5, 5.41) is 5.21. The summed E-state index contributed by atoms with van der Waals surface area (Å²) >= 11 is 5.64. The Kier molecular flexibility index (Phi) is 6.07. The minimum atomic E-state index is -4.65. The molecule has 1 atom stereocenters. The van der Waals surface area contributed by atoms with Crippen LogP contribution in [0.3, 0.4) is 0 Å². The Balaban J connectivity index is 2.31. The maximum absolute atomic E-state index is 13.1. The third-order valence-corrected chi connectivity index (χ3v) is 3.85. The van der Waals surface area contributed by atoms with Gasteiger partial charge in [0, 0.05) is 16.8 Å². The first kappa shape index (κ1) is 20.0. The number of nitrogens with one attached hydrogen (secondary N) is 2. The van der Waals surface area contributed by atoms with E-state index in [4.69, 9.17) is 11.6 Å². The van der Waals surface area contributed by atoms with Gasteiger partial charge < -0.3 is 10.6 Å². The number of hydrogen-bond acceptors (Lipinski definition) is 4. The van der Waals surface area contributed by atoms with Crippen LogP contribution >= 0.6 is 11.6 Å². The summed E-state index contributed by atoms with van der Waals surface area (Å²) in [5.41, 5.74) is -0.934. The third kappa shape index (κ3) is 5.08. The molecular formula is C17H18ClF3N4O. The Bertz CT molecular complexity index is 811. The molecule has 0 aliphatic heterocycles. The van der Waals surface area contributed by atoms with Gasteiger partial charge >= 0.3 is 6.18 Å². The lowest BCUT2D eigenvalue weighted by molar-refractivity contribution is -0.136. The average Bonchev–Trinajstić information content (AvgIpc) is 2.54. The number of rotatable bonds is 5. The van der Waals surface area contributed by atoms with Gasteiger partial charge in [0.05, 0.1) is 11.3 Å². The van der Waals surface area contributed by atoms with Crippen LogP contribution < -0.4 is 10.6 Å². The molecule has 0 fully saturated rings. The molecule has 1 amide bonds. The van der Waals surface area contributed by atoms with Crippen LogP contribution in [0, 0.1) is 6.92 Å². The molecular weight excluding hydrogens is 369 g/mol. The molecule has 0 aliphatic carbocycles. The van der Waals surface area contributed by atoms with Crippen molar-refractivity contribution in [2.75, 3.05) is 10.6 Å². The fourth-order valence-corrected chi connectivity index (χ4v) is 2.29. The molecule has 2 aromatic rings. The van der Waals surface area contributed by atoms with Crippen LogP contribution in [0.5, 0.6) is 0 Å². The van der Waals surface area contributed by atoms with Crippen molar-refractivity contribution < 1.29 is 18.0 Å². The maximum atomic E-state index is 13.1. The highest BCUT2D eigenvalue weighted by Gasteiger charge is 2.34. The molecule has 1 heterocycles. The van der Waals surface area contributed by atoms with E-state index in [0.717, 1.165) is 18.6 Å². The number of benzene rings is 1. The van der Waals surface area contributed by atoms with Crippen molar-refractivity contribution >= 4 is 29.1 Å². The highest BCUT2D eigenvalue weighted by molar-refractivity contribution is 6.30. The summed E-state index contributed by atoms with van der Waals surface area (Å²) in [6.07, 6.45) is -3.84. The van der Waals surface area contributed by atoms with Gasteiger partial charge in [-0.25, -0.2) is 9.97 Å². The predicted octanol–water partition coefficient (Wildman–Crippen LogP) is 4.92. The van der Waals surface area contributed by atoms with Gasteiger partial charge in [0.2, 0.25) is 5.95 Å². The summed E-state index contributed by atoms with van der Waals surface area (Å²) in [6, 6.07) is 4.63. The second-order valence-corrected chi connectivity index (χ2v) is 6.25. The molecule has 5 nitrogen and oxygen atoms in total. The number of aryl methyl sites for hydroxylation is 1. The molecule has 1 aromatic heterocycles.